The first-order valence-corrected chi connectivity index (χ1v) is 14.2. The molecule has 0 fully saturated rings. The number of aryl methyl sites for hydroxylation is 6. The maximum Gasteiger partial charge on any atom is 0.122 e. The van der Waals surface area contributed by atoms with Crippen LogP contribution in [-0.2, 0) is 20.1 Å². The van der Waals surface area contributed by atoms with E-state index < -0.39 is 0 Å². The topological polar surface area (TPSA) is 38.9 Å². The Morgan fingerprint density at radius 2 is 1.49 bits per heavy atom. The third-order valence-electron chi connectivity index (χ3n) is 7.51. The van der Waals surface area contributed by atoms with Gasteiger partial charge in [-0.2, -0.15) is 0 Å². The van der Waals surface area contributed by atoms with Crippen LogP contribution < -0.4 is 0 Å². The van der Waals surface area contributed by atoms with Crippen molar-refractivity contribution in [3.8, 4) is 22.5 Å². The Balaban J connectivity index is 0.000000182. The van der Waals surface area contributed by atoms with E-state index in [1.165, 1.54) is 37.2 Å². The van der Waals surface area contributed by atoms with Gasteiger partial charge >= 0.3 is 0 Å². The summed E-state index contributed by atoms with van der Waals surface area (Å²) >= 11 is 1.83. The van der Waals surface area contributed by atoms with Crippen molar-refractivity contribution in [3.63, 3.8) is 0 Å². The van der Waals surface area contributed by atoms with E-state index in [9.17, 15) is 0 Å². The van der Waals surface area contributed by atoms with Crippen LogP contribution in [0.15, 0.2) is 77.5 Å². The number of hydrogen-bond acceptors (Lipinski definition) is 4. The Bertz CT molecular complexity index is 2000. The summed E-state index contributed by atoms with van der Waals surface area (Å²) in [5.41, 5.74) is 11.9. The molecule has 3 nitrogen and oxygen atoms in total. The Kier molecular flexibility index (Phi) is 8.24. The van der Waals surface area contributed by atoms with E-state index in [0.717, 1.165) is 50.0 Å². The van der Waals surface area contributed by atoms with Crippen molar-refractivity contribution >= 4 is 43.4 Å². The maximum absolute atomic E-state index is 6.26. The van der Waals surface area contributed by atoms with Gasteiger partial charge in [-0.3, -0.25) is 0 Å². The smallest absolute Gasteiger partial charge is 0.122 e. The molecule has 207 valence electrons. The largest absolute Gasteiger partial charge is 0.501 e. The molecule has 4 aromatic heterocycles. The summed E-state index contributed by atoms with van der Waals surface area (Å²) in [4.78, 5) is 10.3. The number of nitrogens with zero attached hydrogens (tertiary/aromatic N) is 2. The van der Waals surface area contributed by atoms with E-state index in [1.54, 1.807) is 0 Å². The minimum absolute atomic E-state index is 0. The molecule has 5 heteroatoms. The van der Waals surface area contributed by atoms with Crippen molar-refractivity contribution in [1.82, 2.24) is 9.97 Å². The molecular formula is C36H30IrN2OS-2. The van der Waals surface area contributed by atoms with Crippen LogP contribution in [0.1, 0.15) is 32.7 Å². The molecule has 0 unspecified atom stereocenters. The van der Waals surface area contributed by atoms with E-state index >= 15 is 0 Å². The first-order valence-electron chi connectivity index (χ1n) is 13.4. The summed E-state index contributed by atoms with van der Waals surface area (Å²) in [7, 11) is 0. The van der Waals surface area contributed by atoms with Gasteiger partial charge in [0.1, 0.15) is 5.58 Å². The fraction of sp³-hybridized carbons (Fsp3) is 0.167. The predicted octanol–water partition coefficient (Wildman–Crippen LogP) is 10.1. The number of rotatable bonds is 2. The molecule has 0 aliphatic carbocycles. The van der Waals surface area contributed by atoms with E-state index in [0.29, 0.717) is 0 Å². The molecule has 0 N–H and O–H groups in total. The molecule has 0 amide bonds. The van der Waals surface area contributed by atoms with Crippen molar-refractivity contribution in [2.24, 2.45) is 0 Å². The van der Waals surface area contributed by atoms with Crippen LogP contribution in [0.3, 0.4) is 0 Å². The molecule has 0 atom stereocenters. The van der Waals surface area contributed by atoms with Crippen LogP contribution in [0.5, 0.6) is 0 Å². The third kappa shape index (κ3) is 5.63. The third-order valence-corrected chi connectivity index (χ3v) is 8.68. The molecule has 1 radical (unpaired) electrons. The molecule has 0 spiro atoms. The van der Waals surface area contributed by atoms with E-state index in [4.69, 9.17) is 4.42 Å². The van der Waals surface area contributed by atoms with Gasteiger partial charge in [-0.25, -0.2) is 0 Å². The zero-order chi connectivity index (χ0) is 28.0. The Labute approximate surface area is 258 Å². The van der Waals surface area contributed by atoms with Gasteiger partial charge in [0.15, 0.2) is 0 Å². The first kappa shape index (κ1) is 28.9. The molecule has 0 bridgehead atoms. The second-order valence-electron chi connectivity index (χ2n) is 10.5. The quantitative estimate of drug-likeness (QED) is 0.166. The molecule has 0 aliphatic heterocycles. The van der Waals surface area contributed by atoms with Gasteiger partial charge in [0.25, 0.3) is 0 Å². The summed E-state index contributed by atoms with van der Waals surface area (Å²) in [5, 5.41) is 3.60. The number of thiophene rings is 1. The van der Waals surface area contributed by atoms with Crippen LogP contribution in [0.4, 0.5) is 0 Å². The van der Waals surface area contributed by atoms with Crippen molar-refractivity contribution in [2.75, 3.05) is 0 Å². The Morgan fingerprint density at radius 1 is 0.707 bits per heavy atom. The molecule has 7 aromatic rings. The van der Waals surface area contributed by atoms with Gasteiger partial charge in [-0.15, -0.1) is 64.9 Å². The van der Waals surface area contributed by atoms with Crippen molar-refractivity contribution in [1.29, 1.82) is 0 Å². The van der Waals surface area contributed by atoms with Crippen LogP contribution in [0.25, 0.3) is 54.5 Å². The van der Waals surface area contributed by atoms with E-state index in [-0.39, 0.29) is 20.1 Å². The number of pyridine rings is 2. The predicted molar refractivity (Wildman–Crippen MR) is 168 cm³/mol. The summed E-state index contributed by atoms with van der Waals surface area (Å²) in [6, 6.07) is 27.4. The summed E-state index contributed by atoms with van der Waals surface area (Å²) < 4.78 is 7.54. The Hall–Kier alpha value is -3.63. The number of furan rings is 1. The number of benzene rings is 3. The molecular weight excluding hydrogens is 701 g/mol. The number of aromatic nitrogens is 2. The molecule has 0 saturated carbocycles. The number of fused-ring (bicyclic) bond motifs is 4. The second kappa shape index (κ2) is 11.7. The molecule has 3 aromatic carbocycles. The molecule has 0 aliphatic rings. The monoisotopic (exact) mass is 731 g/mol. The fourth-order valence-corrected chi connectivity index (χ4v) is 5.90. The maximum atomic E-state index is 6.26. The average Bonchev–Trinajstić information content (AvgIpc) is 3.46. The standard InChI is InChI=1S/C22H16NOS.C14H14N.Ir/c1-12-7-8-19(23-11-12)16-6-4-5-15-18-9-17-13(2)14(3)25-21(17)10-20(18)24-22(15)16;1-10-4-6-13(7-5-10)14-8-11(2)12(3)9-15-14;/h4-5,7-11H,1-3H3;4-6,8-9H,1-3H3;/q2*-1;. The van der Waals surface area contributed by atoms with Crippen LogP contribution in [0, 0.1) is 53.7 Å². The van der Waals surface area contributed by atoms with Crippen molar-refractivity contribution in [3.05, 3.63) is 118 Å². The molecule has 41 heavy (non-hydrogen) atoms. The normalized spacial score (nSPS) is 11.0. The van der Waals surface area contributed by atoms with Crippen molar-refractivity contribution in [2.45, 2.75) is 41.5 Å². The second-order valence-corrected chi connectivity index (χ2v) is 11.7. The summed E-state index contributed by atoms with van der Waals surface area (Å²) in [5.74, 6) is 0. The first-order chi connectivity index (χ1) is 19.3. The Morgan fingerprint density at radius 3 is 2.20 bits per heavy atom. The van der Waals surface area contributed by atoms with Crippen LogP contribution >= 0.6 is 11.3 Å². The van der Waals surface area contributed by atoms with Gasteiger partial charge in [0.05, 0.1) is 5.58 Å². The van der Waals surface area contributed by atoms with Crippen LogP contribution in [-0.4, -0.2) is 9.97 Å². The average molecular weight is 731 g/mol. The van der Waals surface area contributed by atoms with Crippen molar-refractivity contribution < 1.29 is 24.5 Å². The minimum Gasteiger partial charge on any atom is -0.501 e. The SMILES string of the molecule is Cc1c[c-]c(-c2cc(C)c(C)cn2)cc1.Cc1ccc(-c2[c-]ccc3c2oc2cc4sc(C)c(C)c4cc23)nc1.[Ir]. The minimum atomic E-state index is 0. The molecule has 7 rings (SSSR count). The zero-order valence-electron chi connectivity index (χ0n) is 24.0. The van der Waals surface area contributed by atoms with E-state index in [2.05, 4.69) is 99.2 Å². The van der Waals surface area contributed by atoms with Gasteiger partial charge in [0.2, 0.25) is 0 Å². The van der Waals surface area contributed by atoms with Gasteiger partial charge in [-0.1, -0.05) is 41.6 Å². The van der Waals surface area contributed by atoms with Gasteiger partial charge in [-0.05, 0) is 80.2 Å². The fourth-order valence-electron chi connectivity index (χ4n) is 4.82. The summed E-state index contributed by atoms with van der Waals surface area (Å²) in [6.45, 7) is 12.7. The number of hydrogen-bond donors (Lipinski definition) is 0. The summed E-state index contributed by atoms with van der Waals surface area (Å²) in [6.07, 6.45) is 3.80. The molecule has 4 heterocycles. The molecule has 0 saturated heterocycles. The van der Waals surface area contributed by atoms with Gasteiger partial charge in [0, 0.05) is 47.5 Å². The van der Waals surface area contributed by atoms with Crippen LogP contribution in [0.2, 0.25) is 0 Å². The zero-order valence-corrected chi connectivity index (χ0v) is 27.2. The van der Waals surface area contributed by atoms with Gasteiger partial charge < -0.3 is 14.4 Å². The van der Waals surface area contributed by atoms with E-state index in [1.807, 2.05) is 48.9 Å².